The van der Waals surface area contributed by atoms with Crippen molar-refractivity contribution in [1.82, 2.24) is 0 Å². The highest BCUT2D eigenvalue weighted by molar-refractivity contribution is 8.00. The molecule has 0 heterocycles. The lowest BCUT2D eigenvalue weighted by atomic mass is 10.2. The smallest absolute Gasteiger partial charge is 0.453 e. The van der Waals surface area contributed by atoms with Gasteiger partial charge in [-0.1, -0.05) is 13.3 Å². The van der Waals surface area contributed by atoms with Crippen LogP contribution in [0.25, 0.3) is 0 Å². The second kappa shape index (κ2) is 7.65. The van der Waals surface area contributed by atoms with Gasteiger partial charge in [-0.15, -0.1) is 11.8 Å². The molecule has 0 aliphatic heterocycles. The third kappa shape index (κ3) is 7.87. The number of rotatable bonds is 7. The molecular formula is C13H21F5O2S. The van der Waals surface area contributed by atoms with Crippen molar-refractivity contribution in [3.8, 4) is 0 Å². The van der Waals surface area contributed by atoms with Gasteiger partial charge in [0, 0.05) is 12.2 Å². The highest BCUT2D eigenvalue weighted by atomic mass is 32.2. The molecular weight excluding hydrogens is 315 g/mol. The van der Waals surface area contributed by atoms with Crippen molar-refractivity contribution in [2.45, 2.75) is 69.9 Å². The highest BCUT2D eigenvalue weighted by Gasteiger charge is 2.56. The molecule has 0 aliphatic carbocycles. The van der Waals surface area contributed by atoms with E-state index in [1.807, 2.05) is 0 Å². The van der Waals surface area contributed by atoms with E-state index in [4.69, 9.17) is 4.74 Å². The van der Waals surface area contributed by atoms with Crippen LogP contribution in [0.2, 0.25) is 0 Å². The molecule has 0 aliphatic rings. The highest BCUT2D eigenvalue weighted by Crippen LogP contribution is 2.39. The van der Waals surface area contributed by atoms with Crippen LogP contribution in [-0.2, 0) is 9.53 Å². The SMILES string of the molecule is CCCC(SCCC(F)(F)C(F)(F)F)C(=O)OC(C)(C)C. The summed E-state index contributed by atoms with van der Waals surface area (Å²) >= 11 is 0.783. The summed E-state index contributed by atoms with van der Waals surface area (Å²) in [4.78, 5) is 11.8. The number of alkyl halides is 5. The first kappa shape index (κ1) is 20.5. The minimum atomic E-state index is -5.56. The van der Waals surface area contributed by atoms with Crippen LogP contribution in [0.4, 0.5) is 22.0 Å². The van der Waals surface area contributed by atoms with Gasteiger partial charge in [-0.3, -0.25) is 4.79 Å². The Morgan fingerprint density at radius 1 is 1.14 bits per heavy atom. The largest absolute Gasteiger partial charge is 0.459 e. The zero-order valence-electron chi connectivity index (χ0n) is 12.5. The number of ether oxygens (including phenoxy) is 1. The van der Waals surface area contributed by atoms with E-state index in [1.165, 1.54) is 0 Å². The van der Waals surface area contributed by atoms with E-state index >= 15 is 0 Å². The molecule has 0 aromatic heterocycles. The predicted octanol–water partition coefficient (Wildman–Crippen LogP) is 4.82. The van der Waals surface area contributed by atoms with Gasteiger partial charge in [-0.05, 0) is 27.2 Å². The fourth-order valence-corrected chi connectivity index (χ4v) is 2.62. The van der Waals surface area contributed by atoms with E-state index in [0.29, 0.717) is 12.8 Å². The van der Waals surface area contributed by atoms with E-state index in [-0.39, 0.29) is 0 Å². The number of thioether (sulfide) groups is 1. The van der Waals surface area contributed by atoms with Gasteiger partial charge in [0.15, 0.2) is 0 Å². The molecule has 0 spiro atoms. The number of carbonyl (C=O) groups is 1. The van der Waals surface area contributed by atoms with Gasteiger partial charge in [-0.25, -0.2) is 0 Å². The predicted molar refractivity (Wildman–Crippen MR) is 72.6 cm³/mol. The molecule has 0 radical (unpaired) electrons. The van der Waals surface area contributed by atoms with E-state index < -0.39 is 41.1 Å². The lowest BCUT2D eigenvalue weighted by molar-refractivity contribution is -0.282. The minimum absolute atomic E-state index is 0.372. The molecule has 21 heavy (non-hydrogen) atoms. The zero-order chi connectivity index (χ0) is 16.9. The zero-order valence-corrected chi connectivity index (χ0v) is 13.3. The van der Waals surface area contributed by atoms with Gasteiger partial charge in [0.25, 0.3) is 0 Å². The molecule has 8 heteroatoms. The number of halogens is 5. The molecule has 2 nitrogen and oxygen atoms in total. The fraction of sp³-hybridized carbons (Fsp3) is 0.923. The Kier molecular flexibility index (Phi) is 7.45. The van der Waals surface area contributed by atoms with Gasteiger partial charge in [0.1, 0.15) is 10.9 Å². The van der Waals surface area contributed by atoms with Gasteiger partial charge >= 0.3 is 18.1 Å². The molecule has 0 saturated carbocycles. The van der Waals surface area contributed by atoms with Crippen molar-refractivity contribution >= 4 is 17.7 Å². The van der Waals surface area contributed by atoms with Gasteiger partial charge in [-0.2, -0.15) is 22.0 Å². The molecule has 0 amide bonds. The topological polar surface area (TPSA) is 26.3 Å². The fourth-order valence-electron chi connectivity index (χ4n) is 1.37. The summed E-state index contributed by atoms with van der Waals surface area (Å²) in [6.45, 7) is 6.78. The van der Waals surface area contributed by atoms with Gasteiger partial charge in [0.2, 0.25) is 0 Å². The number of carbonyl (C=O) groups excluding carboxylic acids is 1. The van der Waals surface area contributed by atoms with Crippen LogP contribution >= 0.6 is 11.8 Å². The third-order valence-electron chi connectivity index (χ3n) is 2.37. The van der Waals surface area contributed by atoms with Crippen LogP contribution in [-0.4, -0.2) is 34.7 Å². The maximum absolute atomic E-state index is 12.8. The molecule has 0 aromatic rings. The van der Waals surface area contributed by atoms with Crippen molar-refractivity contribution in [1.29, 1.82) is 0 Å². The van der Waals surface area contributed by atoms with Crippen LogP contribution < -0.4 is 0 Å². The van der Waals surface area contributed by atoms with E-state index in [9.17, 15) is 26.7 Å². The Hall–Kier alpha value is -0.530. The molecule has 126 valence electrons. The molecule has 0 aromatic carbocycles. The molecule has 0 bridgehead atoms. The lowest BCUT2D eigenvalue weighted by Crippen LogP contribution is -2.37. The quantitative estimate of drug-likeness (QED) is 0.493. The van der Waals surface area contributed by atoms with Crippen LogP contribution in [0.1, 0.15) is 47.0 Å². The standard InChI is InChI=1S/C13H21F5O2S/c1-5-6-9(10(19)20-11(2,3)4)21-8-7-12(14,15)13(16,17)18/h9H,5-8H2,1-4H3. The summed E-state index contributed by atoms with van der Waals surface area (Å²) in [5, 5.41) is -0.724. The second-order valence-electron chi connectivity index (χ2n) is 5.63. The van der Waals surface area contributed by atoms with Crippen LogP contribution in [0.3, 0.4) is 0 Å². The normalized spacial score (nSPS) is 14.9. The van der Waals surface area contributed by atoms with E-state index in [2.05, 4.69) is 0 Å². The van der Waals surface area contributed by atoms with Crippen molar-refractivity contribution in [2.24, 2.45) is 0 Å². The molecule has 1 atom stereocenters. The van der Waals surface area contributed by atoms with Gasteiger partial charge in [0.05, 0.1) is 0 Å². The first-order valence-corrected chi connectivity index (χ1v) is 7.64. The van der Waals surface area contributed by atoms with Crippen molar-refractivity contribution in [3.63, 3.8) is 0 Å². The maximum Gasteiger partial charge on any atom is 0.453 e. The summed E-state index contributed by atoms with van der Waals surface area (Å²) in [6, 6.07) is 0. The summed E-state index contributed by atoms with van der Waals surface area (Å²) in [5.41, 5.74) is -0.723. The number of hydrogen-bond acceptors (Lipinski definition) is 3. The van der Waals surface area contributed by atoms with Crippen LogP contribution in [0, 0.1) is 0 Å². The first-order chi connectivity index (χ1) is 9.30. The Morgan fingerprint density at radius 2 is 1.67 bits per heavy atom. The van der Waals surface area contributed by atoms with Gasteiger partial charge < -0.3 is 4.74 Å². The van der Waals surface area contributed by atoms with E-state index in [0.717, 1.165) is 11.8 Å². The maximum atomic E-state index is 12.8. The Morgan fingerprint density at radius 3 is 2.05 bits per heavy atom. The molecule has 0 rings (SSSR count). The Balaban J connectivity index is 4.51. The summed E-state index contributed by atoms with van der Waals surface area (Å²) in [5.74, 6) is -5.77. The average Bonchev–Trinajstić information content (AvgIpc) is 2.23. The monoisotopic (exact) mass is 336 g/mol. The van der Waals surface area contributed by atoms with Crippen LogP contribution in [0.5, 0.6) is 0 Å². The summed E-state index contributed by atoms with van der Waals surface area (Å²) in [7, 11) is 0. The molecule has 0 saturated heterocycles. The first-order valence-electron chi connectivity index (χ1n) is 6.59. The minimum Gasteiger partial charge on any atom is -0.459 e. The second-order valence-corrected chi connectivity index (χ2v) is 6.94. The van der Waals surface area contributed by atoms with Crippen molar-refractivity contribution in [2.75, 3.05) is 5.75 Å². The Labute approximate surface area is 125 Å². The van der Waals surface area contributed by atoms with Crippen molar-refractivity contribution in [3.05, 3.63) is 0 Å². The molecule has 0 fully saturated rings. The van der Waals surface area contributed by atoms with E-state index in [1.54, 1.807) is 27.7 Å². The van der Waals surface area contributed by atoms with Crippen molar-refractivity contribution < 1.29 is 31.5 Å². The van der Waals surface area contributed by atoms with Crippen LogP contribution in [0.15, 0.2) is 0 Å². The summed E-state index contributed by atoms with van der Waals surface area (Å²) in [6.07, 6.45) is -5.92. The number of hydrogen-bond donors (Lipinski definition) is 0. The summed E-state index contributed by atoms with van der Waals surface area (Å²) < 4.78 is 66.8. The average molecular weight is 336 g/mol. The molecule has 0 N–H and O–H groups in total. The third-order valence-corrected chi connectivity index (χ3v) is 3.64. The Bertz CT molecular complexity index is 336. The number of esters is 1. The molecule has 1 unspecified atom stereocenters. The lowest BCUT2D eigenvalue weighted by Gasteiger charge is -2.24.